The summed E-state index contributed by atoms with van der Waals surface area (Å²) >= 11 is 7.63. The van der Waals surface area contributed by atoms with Gasteiger partial charge in [0.15, 0.2) is 0 Å². The van der Waals surface area contributed by atoms with Crippen LogP contribution in [-0.4, -0.2) is 33.4 Å². The molecule has 0 amide bonds. The molecule has 2 heterocycles. The van der Waals surface area contributed by atoms with E-state index in [2.05, 4.69) is 11.4 Å². The Bertz CT molecular complexity index is 359. The molecular weight excluding hydrogens is 270 g/mol. The summed E-state index contributed by atoms with van der Waals surface area (Å²) in [5, 5.41) is 3.43. The molecular formula is C13H20ClNO2S. The van der Waals surface area contributed by atoms with E-state index in [-0.39, 0.29) is 6.10 Å². The van der Waals surface area contributed by atoms with Crippen LogP contribution in [0.15, 0.2) is 12.1 Å². The number of halogens is 1. The van der Waals surface area contributed by atoms with Gasteiger partial charge in [-0.05, 0) is 25.0 Å². The second-order valence-corrected chi connectivity index (χ2v) is 6.28. The monoisotopic (exact) mass is 289 g/mol. The lowest BCUT2D eigenvalue weighted by molar-refractivity contribution is -0.0258. The maximum absolute atomic E-state index is 6.00. The zero-order chi connectivity index (χ0) is 12.8. The van der Waals surface area contributed by atoms with Crippen molar-refractivity contribution in [3.8, 4) is 0 Å². The van der Waals surface area contributed by atoms with Crippen LogP contribution in [-0.2, 0) is 9.47 Å². The van der Waals surface area contributed by atoms with Gasteiger partial charge in [-0.3, -0.25) is 0 Å². The number of thiophene rings is 1. The lowest BCUT2D eigenvalue weighted by atomic mass is 9.93. The van der Waals surface area contributed by atoms with Gasteiger partial charge in [-0.2, -0.15) is 0 Å². The van der Waals surface area contributed by atoms with Crippen LogP contribution in [0.5, 0.6) is 0 Å². The Balaban J connectivity index is 1.89. The molecule has 1 aromatic heterocycles. The molecule has 0 spiro atoms. The number of methoxy groups -OCH3 is 1. The van der Waals surface area contributed by atoms with E-state index in [1.54, 1.807) is 18.4 Å². The summed E-state index contributed by atoms with van der Waals surface area (Å²) in [7, 11) is 1.72. The van der Waals surface area contributed by atoms with Crippen molar-refractivity contribution < 1.29 is 9.47 Å². The van der Waals surface area contributed by atoms with Crippen LogP contribution in [0.3, 0.4) is 0 Å². The first kappa shape index (κ1) is 14.3. The third-order valence-electron chi connectivity index (χ3n) is 3.21. The third-order valence-corrected chi connectivity index (χ3v) is 4.50. The average molecular weight is 290 g/mol. The Kier molecular flexibility index (Phi) is 5.92. The van der Waals surface area contributed by atoms with Gasteiger partial charge in [0.05, 0.1) is 17.0 Å². The lowest BCUT2D eigenvalue weighted by Crippen LogP contribution is -2.33. The van der Waals surface area contributed by atoms with Gasteiger partial charge in [0.25, 0.3) is 0 Å². The van der Waals surface area contributed by atoms with Crippen molar-refractivity contribution in [3.05, 3.63) is 21.3 Å². The summed E-state index contributed by atoms with van der Waals surface area (Å²) in [4.78, 5) is 1.25. The van der Waals surface area contributed by atoms with Crippen LogP contribution >= 0.6 is 22.9 Å². The smallest absolute Gasteiger partial charge is 0.0957 e. The van der Waals surface area contributed by atoms with Crippen LogP contribution in [0, 0.1) is 5.92 Å². The molecule has 18 heavy (non-hydrogen) atoms. The van der Waals surface area contributed by atoms with E-state index in [9.17, 15) is 0 Å². The molecule has 1 N–H and O–H groups in total. The highest BCUT2D eigenvalue weighted by atomic mass is 35.5. The van der Waals surface area contributed by atoms with Crippen LogP contribution in [0.2, 0.25) is 4.34 Å². The fourth-order valence-corrected chi connectivity index (χ4v) is 3.51. The molecule has 0 aromatic carbocycles. The minimum atomic E-state index is 0.200. The summed E-state index contributed by atoms with van der Waals surface area (Å²) in [5.74, 6) is 0.533. The Morgan fingerprint density at radius 1 is 1.56 bits per heavy atom. The van der Waals surface area contributed by atoms with E-state index >= 15 is 0 Å². The van der Waals surface area contributed by atoms with Crippen molar-refractivity contribution in [3.63, 3.8) is 0 Å². The van der Waals surface area contributed by atoms with Crippen molar-refractivity contribution in [1.29, 1.82) is 0 Å². The molecule has 0 aliphatic carbocycles. The van der Waals surface area contributed by atoms with Crippen molar-refractivity contribution in [2.24, 2.45) is 5.92 Å². The largest absolute Gasteiger partial charge is 0.383 e. The average Bonchev–Trinajstić information content (AvgIpc) is 2.82. The van der Waals surface area contributed by atoms with Gasteiger partial charge in [-0.1, -0.05) is 11.6 Å². The molecule has 3 nitrogen and oxygen atoms in total. The van der Waals surface area contributed by atoms with Crippen molar-refractivity contribution >= 4 is 22.9 Å². The highest BCUT2D eigenvalue weighted by Crippen LogP contribution is 2.37. The Morgan fingerprint density at radius 3 is 3.17 bits per heavy atom. The first-order valence-corrected chi connectivity index (χ1v) is 7.57. The van der Waals surface area contributed by atoms with Crippen molar-refractivity contribution in [2.75, 3.05) is 33.4 Å². The Hall–Kier alpha value is -0.130. The number of ether oxygens (including phenoxy) is 2. The fourth-order valence-electron chi connectivity index (χ4n) is 2.31. The molecule has 1 fully saturated rings. The van der Waals surface area contributed by atoms with E-state index in [1.807, 2.05) is 6.07 Å². The van der Waals surface area contributed by atoms with E-state index in [1.165, 1.54) is 11.3 Å². The van der Waals surface area contributed by atoms with E-state index in [0.717, 1.165) is 37.1 Å². The molecule has 2 unspecified atom stereocenters. The molecule has 2 atom stereocenters. The molecule has 1 aliphatic rings. The van der Waals surface area contributed by atoms with Crippen molar-refractivity contribution in [1.82, 2.24) is 5.32 Å². The maximum Gasteiger partial charge on any atom is 0.0957 e. The van der Waals surface area contributed by atoms with Crippen LogP contribution in [0.4, 0.5) is 0 Å². The lowest BCUT2D eigenvalue weighted by Gasteiger charge is -2.31. The topological polar surface area (TPSA) is 30.5 Å². The van der Waals surface area contributed by atoms with Gasteiger partial charge in [0, 0.05) is 37.6 Å². The molecule has 0 saturated carbocycles. The SMILES string of the molecule is COCCNCC1CCCOC1c1ccc(Cl)s1. The van der Waals surface area contributed by atoms with Crippen LogP contribution < -0.4 is 5.32 Å². The van der Waals surface area contributed by atoms with E-state index in [0.29, 0.717) is 5.92 Å². The molecule has 0 radical (unpaired) electrons. The Morgan fingerprint density at radius 2 is 2.44 bits per heavy atom. The molecule has 1 aliphatic heterocycles. The fraction of sp³-hybridized carbons (Fsp3) is 0.692. The van der Waals surface area contributed by atoms with Gasteiger partial charge in [-0.25, -0.2) is 0 Å². The first-order chi connectivity index (χ1) is 8.81. The zero-order valence-corrected chi connectivity index (χ0v) is 12.2. The maximum atomic E-state index is 6.00. The van der Waals surface area contributed by atoms with Crippen LogP contribution in [0.25, 0.3) is 0 Å². The minimum Gasteiger partial charge on any atom is -0.383 e. The molecule has 5 heteroatoms. The second kappa shape index (κ2) is 7.46. The Labute approximate surface area is 117 Å². The van der Waals surface area contributed by atoms with Gasteiger partial charge >= 0.3 is 0 Å². The van der Waals surface area contributed by atoms with E-state index in [4.69, 9.17) is 21.1 Å². The highest BCUT2D eigenvalue weighted by molar-refractivity contribution is 7.16. The highest BCUT2D eigenvalue weighted by Gasteiger charge is 2.28. The zero-order valence-electron chi connectivity index (χ0n) is 10.7. The number of rotatable bonds is 6. The standard InChI is InChI=1S/C13H20ClNO2S/c1-16-8-6-15-9-10-3-2-7-17-13(10)11-4-5-12(14)18-11/h4-5,10,13,15H,2-3,6-9H2,1H3. The summed E-state index contributed by atoms with van der Waals surface area (Å²) in [6.07, 6.45) is 2.55. The predicted octanol–water partition coefficient (Wildman–Crippen LogP) is 3.11. The summed E-state index contributed by atoms with van der Waals surface area (Å²) in [6.45, 7) is 3.48. The third kappa shape index (κ3) is 3.93. The summed E-state index contributed by atoms with van der Waals surface area (Å²) < 4.78 is 11.8. The van der Waals surface area contributed by atoms with Gasteiger partial charge in [0.2, 0.25) is 0 Å². The van der Waals surface area contributed by atoms with E-state index < -0.39 is 0 Å². The quantitative estimate of drug-likeness (QED) is 0.816. The van der Waals surface area contributed by atoms with Gasteiger partial charge in [-0.15, -0.1) is 11.3 Å². The second-order valence-electron chi connectivity index (χ2n) is 4.53. The van der Waals surface area contributed by atoms with Gasteiger partial charge in [0.1, 0.15) is 0 Å². The normalized spacial score (nSPS) is 24.3. The number of hydrogen-bond acceptors (Lipinski definition) is 4. The van der Waals surface area contributed by atoms with Gasteiger partial charge < -0.3 is 14.8 Å². The number of hydrogen-bond donors (Lipinski definition) is 1. The molecule has 1 aromatic rings. The summed E-state index contributed by atoms with van der Waals surface area (Å²) in [6, 6.07) is 4.04. The summed E-state index contributed by atoms with van der Waals surface area (Å²) in [5.41, 5.74) is 0. The minimum absolute atomic E-state index is 0.200. The molecule has 102 valence electrons. The predicted molar refractivity (Wildman–Crippen MR) is 75.5 cm³/mol. The number of nitrogens with one attached hydrogen (secondary N) is 1. The molecule has 1 saturated heterocycles. The van der Waals surface area contributed by atoms with Crippen molar-refractivity contribution in [2.45, 2.75) is 18.9 Å². The molecule has 2 rings (SSSR count). The van der Waals surface area contributed by atoms with Crippen LogP contribution in [0.1, 0.15) is 23.8 Å². The molecule has 0 bridgehead atoms. The first-order valence-electron chi connectivity index (χ1n) is 6.37.